The van der Waals surface area contributed by atoms with Crippen LogP contribution in [0.25, 0.3) is 11.2 Å². The molecule has 0 aliphatic carbocycles. The number of carbonyl (C=O) groups excluding carboxylic acids is 3. The van der Waals surface area contributed by atoms with Gasteiger partial charge >= 0.3 is 5.97 Å². The van der Waals surface area contributed by atoms with Crippen LogP contribution < -0.4 is 21.7 Å². The number of nitrogens with one attached hydrogen (secondary N) is 1. The van der Waals surface area contributed by atoms with Crippen LogP contribution in [0.2, 0.25) is 0 Å². The minimum absolute atomic E-state index is 0.0144. The number of carboxylic acids is 1. The summed E-state index contributed by atoms with van der Waals surface area (Å²) in [7, 11) is 1.83. The zero-order valence-electron chi connectivity index (χ0n) is 20.4. The Hall–Kier alpha value is -5.14. The van der Waals surface area contributed by atoms with Crippen molar-refractivity contribution in [3.63, 3.8) is 0 Å². The van der Waals surface area contributed by atoms with Crippen molar-refractivity contribution in [2.75, 3.05) is 30.0 Å². The van der Waals surface area contributed by atoms with Gasteiger partial charge in [-0.05, 0) is 37.1 Å². The molecular weight excluding hydrogens is 494 g/mol. The standard InChI is InChI=1S/C24H25N9O5/c1-32(12-14-11-27-21-19(28-14)20(25)30-24(26)31-21)15-6-4-13(5-7-15)22(36)29-16(23(37)38)3-2-10-33-17(34)8-9-18(33)35/h4-9,11,16H,2-3,10,12H2,1H3,(H,29,36)(H,37,38)(H4,25,26,27,30,31)/t16-/m0/s1. The lowest BCUT2D eigenvalue weighted by molar-refractivity contribution is -0.139. The smallest absolute Gasteiger partial charge is 0.326 e. The summed E-state index contributed by atoms with van der Waals surface area (Å²) in [5.74, 6) is -2.50. The van der Waals surface area contributed by atoms with Crippen molar-refractivity contribution in [2.24, 2.45) is 0 Å². The van der Waals surface area contributed by atoms with E-state index >= 15 is 0 Å². The van der Waals surface area contributed by atoms with Crippen LogP contribution in [0.1, 0.15) is 28.9 Å². The minimum Gasteiger partial charge on any atom is -0.480 e. The number of hydrogen-bond donors (Lipinski definition) is 4. The molecular formula is C24H25N9O5. The molecule has 0 bridgehead atoms. The Morgan fingerprint density at radius 2 is 1.76 bits per heavy atom. The van der Waals surface area contributed by atoms with Crippen LogP contribution in [0, 0.1) is 0 Å². The second kappa shape index (κ2) is 10.9. The summed E-state index contributed by atoms with van der Waals surface area (Å²) in [6, 6.07) is 5.41. The van der Waals surface area contributed by atoms with Gasteiger partial charge in [0.15, 0.2) is 17.0 Å². The van der Waals surface area contributed by atoms with Crippen LogP contribution in [0.3, 0.4) is 0 Å². The van der Waals surface area contributed by atoms with Gasteiger partial charge in [-0.25, -0.2) is 14.8 Å². The number of rotatable bonds is 10. The number of carbonyl (C=O) groups is 4. The molecule has 4 rings (SSSR count). The molecule has 0 radical (unpaired) electrons. The van der Waals surface area contributed by atoms with Crippen molar-refractivity contribution in [3.8, 4) is 0 Å². The van der Waals surface area contributed by atoms with Crippen LogP contribution in [0.15, 0.2) is 42.6 Å². The number of carboxylic acid groups (broad SMARTS) is 1. The topological polar surface area (TPSA) is 211 Å². The molecule has 0 fully saturated rings. The molecule has 1 aliphatic heterocycles. The van der Waals surface area contributed by atoms with E-state index in [0.29, 0.717) is 23.4 Å². The summed E-state index contributed by atoms with van der Waals surface area (Å²) in [4.78, 5) is 67.1. The summed E-state index contributed by atoms with van der Waals surface area (Å²) in [5.41, 5.74) is 13.8. The third-order valence-electron chi connectivity index (χ3n) is 5.85. The Balaban J connectivity index is 1.35. The van der Waals surface area contributed by atoms with E-state index < -0.39 is 29.7 Å². The van der Waals surface area contributed by atoms with Gasteiger partial charge in [0.2, 0.25) is 5.95 Å². The molecule has 0 saturated heterocycles. The molecule has 0 saturated carbocycles. The molecule has 1 aromatic carbocycles. The van der Waals surface area contributed by atoms with Gasteiger partial charge < -0.3 is 26.8 Å². The van der Waals surface area contributed by atoms with E-state index in [-0.39, 0.29) is 36.7 Å². The first-order chi connectivity index (χ1) is 18.1. The van der Waals surface area contributed by atoms with E-state index in [1.807, 2.05) is 11.9 Å². The van der Waals surface area contributed by atoms with Gasteiger partial charge in [0, 0.05) is 37.0 Å². The molecule has 14 nitrogen and oxygen atoms in total. The maximum absolute atomic E-state index is 12.7. The van der Waals surface area contributed by atoms with Crippen molar-refractivity contribution in [1.29, 1.82) is 0 Å². The predicted octanol–water partition coefficient (Wildman–Crippen LogP) is 0.109. The summed E-state index contributed by atoms with van der Waals surface area (Å²) >= 11 is 0. The Morgan fingerprint density at radius 1 is 1.08 bits per heavy atom. The lowest BCUT2D eigenvalue weighted by atomic mass is 10.1. The number of nitrogens with zero attached hydrogens (tertiary/aromatic N) is 6. The zero-order valence-corrected chi connectivity index (χ0v) is 20.4. The first-order valence-corrected chi connectivity index (χ1v) is 11.6. The molecule has 196 valence electrons. The van der Waals surface area contributed by atoms with Gasteiger partial charge in [0.05, 0.1) is 18.4 Å². The average molecular weight is 520 g/mol. The molecule has 1 aliphatic rings. The SMILES string of the molecule is CN(Cc1cnc2nc(N)nc(N)c2n1)c1ccc(C(=O)N[C@@H](CCCN2C(=O)C=CC2=O)C(=O)O)cc1. The third-order valence-corrected chi connectivity index (χ3v) is 5.85. The molecule has 3 heterocycles. The quantitative estimate of drug-likeness (QED) is 0.263. The van der Waals surface area contributed by atoms with Crippen molar-refractivity contribution < 1.29 is 24.3 Å². The van der Waals surface area contributed by atoms with Crippen LogP contribution in [-0.2, 0) is 20.9 Å². The highest BCUT2D eigenvalue weighted by Crippen LogP contribution is 2.19. The fraction of sp³-hybridized carbons (Fsp3) is 0.250. The number of amides is 3. The van der Waals surface area contributed by atoms with E-state index in [1.165, 1.54) is 0 Å². The monoisotopic (exact) mass is 519 g/mol. The van der Waals surface area contributed by atoms with Gasteiger partial charge in [-0.3, -0.25) is 19.3 Å². The lowest BCUT2D eigenvalue weighted by Crippen LogP contribution is -2.41. The fourth-order valence-corrected chi connectivity index (χ4v) is 3.86. The van der Waals surface area contributed by atoms with Gasteiger partial charge in [0.25, 0.3) is 17.7 Å². The van der Waals surface area contributed by atoms with Gasteiger partial charge in [-0.2, -0.15) is 9.97 Å². The molecule has 3 aromatic rings. The molecule has 3 amide bonds. The Bertz CT molecular complexity index is 1420. The van der Waals surface area contributed by atoms with E-state index in [4.69, 9.17) is 11.5 Å². The van der Waals surface area contributed by atoms with Gasteiger partial charge in [-0.15, -0.1) is 0 Å². The number of nitrogens with two attached hydrogens (primary N) is 2. The van der Waals surface area contributed by atoms with E-state index in [1.54, 1.807) is 30.5 Å². The highest BCUT2D eigenvalue weighted by Gasteiger charge is 2.25. The molecule has 2 aromatic heterocycles. The number of imide groups is 1. The number of fused-ring (bicyclic) bond motifs is 1. The number of hydrogen-bond acceptors (Lipinski definition) is 11. The largest absolute Gasteiger partial charge is 0.480 e. The molecule has 6 N–H and O–H groups in total. The van der Waals surface area contributed by atoms with Crippen LogP contribution in [-0.4, -0.2) is 73.3 Å². The number of anilines is 3. The highest BCUT2D eigenvalue weighted by atomic mass is 16.4. The summed E-state index contributed by atoms with van der Waals surface area (Å²) in [6.07, 6.45) is 4.16. The zero-order chi connectivity index (χ0) is 27.4. The maximum atomic E-state index is 12.7. The van der Waals surface area contributed by atoms with Crippen molar-refractivity contribution >= 4 is 52.3 Å². The van der Waals surface area contributed by atoms with Crippen LogP contribution in [0.5, 0.6) is 0 Å². The second-order valence-electron chi connectivity index (χ2n) is 8.57. The van der Waals surface area contributed by atoms with Crippen molar-refractivity contribution in [2.45, 2.75) is 25.4 Å². The lowest BCUT2D eigenvalue weighted by Gasteiger charge is -2.20. The Kier molecular flexibility index (Phi) is 7.41. The number of aliphatic carboxylic acids is 1. The number of aromatic nitrogens is 4. The van der Waals surface area contributed by atoms with Crippen LogP contribution in [0.4, 0.5) is 17.5 Å². The first kappa shape index (κ1) is 25.9. The molecule has 0 spiro atoms. The van der Waals surface area contributed by atoms with Crippen molar-refractivity contribution in [3.05, 3.63) is 53.9 Å². The van der Waals surface area contributed by atoms with Gasteiger partial charge in [0.1, 0.15) is 6.04 Å². The van der Waals surface area contributed by atoms with Crippen molar-refractivity contribution in [1.82, 2.24) is 30.2 Å². The van der Waals surface area contributed by atoms with Crippen LogP contribution >= 0.6 is 0 Å². The average Bonchev–Trinajstić information content (AvgIpc) is 3.20. The fourth-order valence-electron chi connectivity index (χ4n) is 3.86. The molecule has 1 atom stereocenters. The number of nitrogen functional groups attached to an aromatic ring is 2. The van der Waals surface area contributed by atoms with Gasteiger partial charge in [-0.1, -0.05) is 0 Å². The minimum atomic E-state index is -1.21. The van der Waals surface area contributed by atoms with E-state index in [2.05, 4.69) is 25.3 Å². The molecule has 14 heteroatoms. The highest BCUT2D eigenvalue weighted by molar-refractivity contribution is 6.12. The molecule has 0 unspecified atom stereocenters. The summed E-state index contributed by atoms with van der Waals surface area (Å²) < 4.78 is 0. The first-order valence-electron chi connectivity index (χ1n) is 11.6. The van der Waals surface area contributed by atoms with E-state index in [9.17, 15) is 24.3 Å². The summed E-state index contributed by atoms with van der Waals surface area (Å²) in [5, 5.41) is 12.0. The number of benzene rings is 1. The molecule has 38 heavy (non-hydrogen) atoms. The predicted molar refractivity (Wildman–Crippen MR) is 136 cm³/mol. The normalized spacial score (nSPS) is 13.7. The Labute approximate surface area is 216 Å². The maximum Gasteiger partial charge on any atom is 0.326 e. The second-order valence-corrected chi connectivity index (χ2v) is 8.57. The van der Waals surface area contributed by atoms with E-state index in [0.717, 1.165) is 22.7 Å². The third kappa shape index (κ3) is 5.80. The summed E-state index contributed by atoms with van der Waals surface area (Å²) in [6.45, 7) is 0.442. The Morgan fingerprint density at radius 3 is 2.42 bits per heavy atom.